The van der Waals surface area contributed by atoms with Crippen LogP contribution in [-0.2, 0) is 11.4 Å². The van der Waals surface area contributed by atoms with E-state index in [1.807, 2.05) is 67.3 Å². The molecule has 39 heavy (non-hydrogen) atoms. The Morgan fingerprint density at radius 1 is 1.23 bits per heavy atom. The van der Waals surface area contributed by atoms with Crippen molar-refractivity contribution in [2.45, 2.75) is 25.6 Å². The Hall–Kier alpha value is -3.82. The lowest BCUT2D eigenvalue weighted by atomic mass is 10.1. The first-order chi connectivity index (χ1) is 18.8. The van der Waals surface area contributed by atoms with E-state index in [0.717, 1.165) is 30.8 Å². The predicted octanol–water partition coefficient (Wildman–Crippen LogP) is 4.32. The fraction of sp³-hybridized carbons (Fsp3) is 0.345. The van der Waals surface area contributed by atoms with Gasteiger partial charge in [-0.2, -0.15) is 0 Å². The molecule has 2 heterocycles. The fourth-order valence-corrected chi connectivity index (χ4v) is 4.59. The molecule has 0 aliphatic carbocycles. The first-order valence-corrected chi connectivity index (χ1v) is 13.3. The molecule has 10 heteroatoms. The molecule has 1 atom stereocenters. The number of likely N-dealkylation sites (N-methyl/N-ethyl adjacent to an activating group) is 1. The van der Waals surface area contributed by atoms with Crippen LogP contribution in [0, 0.1) is 0 Å². The Kier molecular flexibility index (Phi) is 9.62. The number of anilines is 1. The van der Waals surface area contributed by atoms with E-state index < -0.39 is 0 Å². The number of carbonyl (C=O) groups is 1. The van der Waals surface area contributed by atoms with Gasteiger partial charge in [-0.15, -0.1) is 0 Å². The van der Waals surface area contributed by atoms with Crippen LogP contribution in [0.4, 0.5) is 11.4 Å². The zero-order chi connectivity index (χ0) is 27.8. The van der Waals surface area contributed by atoms with Crippen LogP contribution in [0.15, 0.2) is 65.8 Å². The van der Waals surface area contributed by atoms with Gasteiger partial charge in [0.05, 0.1) is 29.5 Å². The van der Waals surface area contributed by atoms with Crippen molar-refractivity contribution in [3.63, 3.8) is 0 Å². The summed E-state index contributed by atoms with van der Waals surface area (Å²) in [4.78, 5) is 25.1. The molecule has 1 fully saturated rings. The lowest BCUT2D eigenvalue weighted by Gasteiger charge is -2.33. The minimum absolute atomic E-state index is 0.0891. The maximum Gasteiger partial charge on any atom is 0.236 e. The number of nitrogens with zero attached hydrogens (tertiary/aromatic N) is 4. The summed E-state index contributed by atoms with van der Waals surface area (Å²) < 4.78 is 12.1. The predicted molar refractivity (Wildman–Crippen MR) is 155 cm³/mol. The molecule has 0 radical (unpaired) electrons. The number of aliphatic imine (C=N–C) groups is 1. The minimum Gasteiger partial charge on any atom is -0.489 e. The summed E-state index contributed by atoms with van der Waals surface area (Å²) >= 11 is 6.46. The monoisotopic (exact) mass is 550 g/mol. The van der Waals surface area contributed by atoms with Crippen LogP contribution in [0.3, 0.4) is 0 Å². The first-order valence-electron chi connectivity index (χ1n) is 12.9. The molecule has 0 spiro atoms. The van der Waals surface area contributed by atoms with Gasteiger partial charge >= 0.3 is 0 Å². The first kappa shape index (κ1) is 28.2. The van der Waals surface area contributed by atoms with Crippen molar-refractivity contribution in [3.8, 4) is 11.5 Å². The van der Waals surface area contributed by atoms with Crippen LogP contribution in [0.5, 0.6) is 11.5 Å². The number of ether oxygens (including phenoxy) is 2. The summed E-state index contributed by atoms with van der Waals surface area (Å²) in [6, 6.07) is 16.6. The largest absolute Gasteiger partial charge is 0.489 e. The van der Waals surface area contributed by atoms with Crippen molar-refractivity contribution in [1.29, 1.82) is 0 Å². The molecule has 206 valence electrons. The summed E-state index contributed by atoms with van der Waals surface area (Å²) in [5.74, 6) is 1.64. The normalized spacial score (nSPS) is 15.8. The molecule has 1 saturated heterocycles. The van der Waals surface area contributed by atoms with Gasteiger partial charge in [0.15, 0.2) is 0 Å². The highest BCUT2D eigenvalue weighted by Gasteiger charge is 2.25. The highest BCUT2D eigenvalue weighted by atomic mass is 35.5. The molecule has 3 N–H and O–H groups in total. The van der Waals surface area contributed by atoms with Gasteiger partial charge in [0.25, 0.3) is 0 Å². The van der Waals surface area contributed by atoms with Gasteiger partial charge in [-0.1, -0.05) is 17.7 Å². The highest BCUT2D eigenvalue weighted by molar-refractivity contribution is 6.32. The second kappa shape index (κ2) is 13.3. The van der Waals surface area contributed by atoms with E-state index in [2.05, 4.69) is 15.3 Å². The number of nitrogens with one attached hydrogen (secondary N) is 1. The smallest absolute Gasteiger partial charge is 0.236 e. The Balaban J connectivity index is 1.46. The zero-order valence-corrected chi connectivity index (χ0v) is 23.3. The van der Waals surface area contributed by atoms with E-state index in [1.54, 1.807) is 24.4 Å². The number of rotatable bonds is 10. The summed E-state index contributed by atoms with van der Waals surface area (Å²) in [5.41, 5.74) is 9.38. The third-order valence-corrected chi connectivity index (χ3v) is 6.58. The molecule has 0 bridgehead atoms. The maximum absolute atomic E-state index is 12.5. The molecule has 2 aromatic carbocycles. The van der Waals surface area contributed by atoms with Crippen molar-refractivity contribution >= 4 is 34.7 Å². The number of aromatic nitrogens is 1. The Bertz CT molecular complexity index is 1300. The van der Waals surface area contributed by atoms with E-state index in [-0.39, 0.29) is 12.0 Å². The van der Waals surface area contributed by atoms with Gasteiger partial charge in [-0.05, 0) is 75.5 Å². The number of nitrogens with two attached hydrogens (primary N) is 1. The highest BCUT2D eigenvalue weighted by Crippen LogP contribution is 2.31. The zero-order valence-electron chi connectivity index (χ0n) is 22.6. The van der Waals surface area contributed by atoms with E-state index in [0.29, 0.717) is 53.3 Å². The van der Waals surface area contributed by atoms with Gasteiger partial charge in [0.1, 0.15) is 30.0 Å². The number of amidine groups is 1. The Morgan fingerprint density at radius 2 is 2.08 bits per heavy atom. The summed E-state index contributed by atoms with van der Waals surface area (Å²) in [5, 5.41) is 3.59. The molecular weight excluding hydrogens is 516 g/mol. The van der Waals surface area contributed by atoms with E-state index in [1.165, 1.54) is 0 Å². The molecule has 1 aliphatic rings. The van der Waals surface area contributed by atoms with Crippen molar-refractivity contribution in [2.24, 2.45) is 10.7 Å². The lowest BCUT2D eigenvalue weighted by Crippen LogP contribution is -2.47. The van der Waals surface area contributed by atoms with E-state index in [4.69, 9.17) is 26.8 Å². The summed E-state index contributed by atoms with van der Waals surface area (Å²) in [6.45, 7) is 2.02. The number of amides is 1. The molecule has 1 aliphatic heterocycles. The molecule has 1 amide bonds. The molecule has 9 nitrogen and oxygen atoms in total. The molecule has 0 unspecified atom stereocenters. The van der Waals surface area contributed by atoms with Gasteiger partial charge in [-0.3, -0.25) is 9.78 Å². The molecular formula is C29H35ClN6O3. The number of piperidine rings is 1. The third kappa shape index (κ3) is 7.84. The van der Waals surface area contributed by atoms with E-state index in [9.17, 15) is 4.79 Å². The third-order valence-electron chi connectivity index (χ3n) is 6.29. The number of likely N-dealkylation sites (tertiary alicyclic amines) is 1. The standard InChI is InChI=1S/C29H35ClN6O3/c1-32-26-11-10-22(39-23-8-6-14-36(17-23)28(37)18-35(2)3)16-24(26)29(31)34-20-9-12-27(25(30)15-20)38-19-21-7-4-5-13-33-21/h4-5,7,9-13,15-16,23,32H,6,8,14,17-19H2,1-3H3,(H2,31,34)/t23-/m0/s1. The van der Waals surface area contributed by atoms with Crippen LogP contribution in [-0.4, -0.2) is 73.4 Å². The van der Waals surface area contributed by atoms with Crippen LogP contribution in [0.1, 0.15) is 24.1 Å². The average Bonchev–Trinajstić information content (AvgIpc) is 2.93. The van der Waals surface area contributed by atoms with Gasteiger partial charge < -0.3 is 30.3 Å². The Labute approximate surface area is 234 Å². The molecule has 0 saturated carbocycles. The average molecular weight is 551 g/mol. The number of hydrogen-bond acceptors (Lipinski definition) is 7. The maximum atomic E-state index is 12.5. The topological polar surface area (TPSA) is 105 Å². The number of pyridine rings is 1. The second-order valence-electron chi connectivity index (χ2n) is 9.64. The van der Waals surface area contributed by atoms with Crippen LogP contribution in [0.2, 0.25) is 5.02 Å². The lowest BCUT2D eigenvalue weighted by molar-refractivity contribution is -0.134. The fourth-order valence-electron chi connectivity index (χ4n) is 4.36. The van der Waals surface area contributed by atoms with Crippen LogP contribution in [0.25, 0.3) is 0 Å². The Morgan fingerprint density at radius 3 is 2.79 bits per heavy atom. The number of carbonyl (C=O) groups excluding carboxylic acids is 1. The van der Waals surface area contributed by atoms with Gasteiger partial charge in [0.2, 0.25) is 5.91 Å². The number of benzene rings is 2. The van der Waals surface area contributed by atoms with Crippen LogP contribution < -0.4 is 20.5 Å². The molecule has 3 aromatic rings. The number of halogens is 1. The van der Waals surface area contributed by atoms with Crippen molar-refractivity contribution in [1.82, 2.24) is 14.8 Å². The van der Waals surface area contributed by atoms with E-state index >= 15 is 0 Å². The molecule has 4 rings (SSSR count). The number of hydrogen-bond donors (Lipinski definition) is 2. The SMILES string of the molecule is CNc1ccc(O[C@H]2CCCN(C(=O)CN(C)C)C2)cc1C(N)=Nc1ccc(OCc2ccccn2)c(Cl)c1. The van der Waals surface area contributed by atoms with Gasteiger partial charge in [0, 0.05) is 31.0 Å². The molecule has 1 aromatic heterocycles. The second-order valence-corrected chi connectivity index (χ2v) is 10.0. The van der Waals surface area contributed by atoms with Crippen molar-refractivity contribution < 1.29 is 14.3 Å². The van der Waals surface area contributed by atoms with Crippen molar-refractivity contribution in [3.05, 3.63) is 77.1 Å². The summed E-state index contributed by atoms with van der Waals surface area (Å²) in [7, 11) is 5.62. The van der Waals surface area contributed by atoms with Crippen LogP contribution >= 0.6 is 11.6 Å². The minimum atomic E-state index is -0.0891. The summed E-state index contributed by atoms with van der Waals surface area (Å²) in [6.07, 6.45) is 3.41. The quantitative estimate of drug-likeness (QED) is 0.286. The van der Waals surface area contributed by atoms with Gasteiger partial charge in [-0.25, -0.2) is 4.99 Å². The van der Waals surface area contributed by atoms with Crippen molar-refractivity contribution in [2.75, 3.05) is 46.1 Å².